The van der Waals surface area contributed by atoms with Gasteiger partial charge in [0.15, 0.2) is 0 Å². The standard InChI is InChI=1S/C6H5F2NO/c7-4-1-2-6(8)9-5(4)3-10/h1-2,10H,3H2. The van der Waals surface area contributed by atoms with Crippen LogP contribution in [0, 0.1) is 11.8 Å². The van der Waals surface area contributed by atoms with Gasteiger partial charge in [-0.15, -0.1) is 0 Å². The lowest BCUT2D eigenvalue weighted by atomic mass is 10.3. The summed E-state index contributed by atoms with van der Waals surface area (Å²) in [6.45, 7) is -0.580. The first-order chi connectivity index (χ1) is 4.74. The maximum absolute atomic E-state index is 12.4. The maximum atomic E-state index is 12.4. The van der Waals surface area contributed by atoms with E-state index in [4.69, 9.17) is 5.11 Å². The first kappa shape index (κ1) is 7.08. The van der Waals surface area contributed by atoms with E-state index >= 15 is 0 Å². The van der Waals surface area contributed by atoms with Crippen LogP contribution in [0.3, 0.4) is 0 Å². The zero-order valence-corrected chi connectivity index (χ0v) is 5.01. The summed E-state index contributed by atoms with van der Waals surface area (Å²) in [5.74, 6) is -1.48. The fourth-order valence-electron chi connectivity index (χ4n) is 0.569. The lowest BCUT2D eigenvalue weighted by molar-refractivity contribution is 0.267. The molecule has 0 spiro atoms. The van der Waals surface area contributed by atoms with Crippen LogP contribution in [0.4, 0.5) is 8.78 Å². The van der Waals surface area contributed by atoms with E-state index in [0.717, 1.165) is 12.1 Å². The number of pyridine rings is 1. The Morgan fingerprint density at radius 1 is 1.40 bits per heavy atom. The number of hydrogen-bond donors (Lipinski definition) is 1. The molecule has 0 radical (unpaired) electrons. The fourth-order valence-corrected chi connectivity index (χ4v) is 0.569. The van der Waals surface area contributed by atoms with E-state index < -0.39 is 18.4 Å². The van der Waals surface area contributed by atoms with Crippen molar-refractivity contribution in [1.82, 2.24) is 4.98 Å². The first-order valence-electron chi connectivity index (χ1n) is 2.66. The van der Waals surface area contributed by atoms with Crippen molar-refractivity contribution >= 4 is 0 Å². The number of rotatable bonds is 1. The van der Waals surface area contributed by atoms with Gasteiger partial charge < -0.3 is 5.11 Å². The van der Waals surface area contributed by atoms with Gasteiger partial charge in [0.1, 0.15) is 11.5 Å². The van der Waals surface area contributed by atoms with Crippen LogP contribution in [0.5, 0.6) is 0 Å². The quantitative estimate of drug-likeness (QED) is 0.594. The van der Waals surface area contributed by atoms with Crippen molar-refractivity contribution in [3.63, 3.8) is 0 Å². The normalized spacial score (nSPS) is 9.90. The van der Waals surface area contributed by atoms with Gasteiger partial charge in [0, 0.05) is 0 Å². The Kier molecular flexibility index (Phi) is 1.91. The fraction of sp³-hybridized carbons (Fsp3) is 0.167. The molecule has 0 saturated heterocycles. The number of aliphatic hydroxyl groups excluding tert-OH is 1. The molecule has 1 N–H and O–H groups in total. The van der Waals surface area contributed by atoms with Gasteiger partial charge in [-0.05, 0) is 12.1 Å². The summed E-state index contributed by atoms with van der Waals surface area (Å²) in [4.78, 5) is 3.10. The first-order valence-corrected chi connectivity index (χ1v) is 2.66. The SMILES string of the molecule is OCc1nc(F)ccc1F. The molecule has 0 saturated carbocycles. The maximum Gasteiger partial charge on any atom is 0.213 e. The topological polar surface area (TPSA) is 33.1 Å². The van der Waals surface area contributed by atoms with E-state index in [0.29, 0.717) is 0 Å². The average molecular weight is 145 g/mol. The van der Waals surface area contributed by atoms with E-state index in [-0.39, 0.29) is 5.69 Å². The van der Waals surface area contributed by atoms with Gasteiger partial charge in [-0.25, -0.2) is 9.37 Å². The van der Waals surface area contributed by atoms with Crippen molar-refractivity contribution in [3.8, 4) is 0 Å². The van der Waals surface area contributed by atoms with Gasteiger partial charge in [-0.2, -0.15) is 4.39 Å². The molecule has 1 aromatic heterocycles. The summed E-state index contributed by atoms with van der Waals surface area (Å²) in [7, 11) is 0. The van der Waals surface area contributed by atoms with Crippen LogP contribution in [-0.2, 0) is 6.61 Å². The highest BCUT2D eigenvalue weighted by molar-refractivity contribution is 5.06. The van der Waals surface area contributed by atoms with Crippen molar-refractivity contribution < 1.29 is 13.9 Å². The molecular weight excluding hydrogens is 140 g/mol. The van der Waals surface area contributed by atoms with Crippen LogP contribution >= 0.6 is 0 Å². The van der Waals surface area contributed by atoms with Gasteiger partial charge in [-0.1, -0.05) is 0 Å². The predicted octanol–water partition coefficient (Wildman–Crippen LogP) is 0.852. The molecule has 54 valence electrons. The molecule has 0 aliphatic rings. The van der Waals surface area contributed by atoms with Crippen molar-refractivity contribution in [3.05, 3.63) is 29.6 Å². The zero-order valence-electron chi connectivity index (χ0n) is 5.01. The molecule has 0 bridgehead atoms. The van der Waals surface area contributed by atoms with Crippen molar-refractivity contribution in [1.29, 1.82) is 0 Å². The Bertz CT molecular complexity index is 239. The molecule has 10 heavy (non-hydrogen) atoms. The van der Waals surface area contributed by atoms with E-state index in [1.54, 1.807) is 0 Å². The highest BCUT2D eigenvalue weighted by Gasteiger charge is 2.02. The minimum Gasteiger partial charge on any atom is -0.390 e. The van der Waals surface area contributed by atoms with Crippen molar-refractivity contribution in [2.24, 2.45) is 0 Å². The molecule has 2 nitrogen and oxygen atoms in total. The highest BCUT2D eigenvalue weighted by atomic mass is 19.1. The predicted molar refractivity (Wildman–Crippen MR) is 30.1 cm³/mol. The monoisotopic (exact) mass is 145 g/mol. The minimum absolute atomic E-state index is 0.264. The van der Waals surface area contributed by atoms with Gasteiger partial charge in [0.05, 0.1) is 6.61 Å². The molecule has 0 atom stereocenters. The Balaban J connectivity index is 3.09. The van der Waals surface area contributed by atoms with Crippen LogP contribution < -0.4 is 0 Å². The Morgan fingerprint density at radius 3 is 2.60 bits per heavy atom. The third-order valence-corrected chi connectivity index (χ3v) is 1.03. The van der Waals surface area contributed by atoms with Crippen LogP contribution in [0.1, 0.15) is 5.69 Å². The van der Waals surface area contributed by atoms with Crippen LogP contribution in [0.25, 0.3) is 0 Å². The van der Waals surface area contributed by atoms with Crippen molar-refractivity contribution in [2.45, 2.75) is 6.61 Å². The second-order valence-corrected chi connectivity index (χ2v) is 1.72. The van der Waals surface area contributed by atoms with Gasteiger partial charge in [0.25, 0.3) is 0 Å². The average Bonchev–Trinajstić information content (AvgIpc) is 1.94. The molecule has 1 heterocycles. The van der Waals surface area contributed by atoms with E-state index in [2.05, 4.69) is 4.98 Å². The molecule has 0 aromatic carbocycles. The van der Waals surface area contributed by atoms with Crippen LogP contribution in [-0.4, -0.2) is 10.1 Å². The van der Waals surface area contributed by atoms with Crippen molar-refractivity contribution in [2.75, 3.05) is 0 Å². The van der Waals surface area contributed by atoms with Gasteiger partial charge in [0.2, 0.25) is 5.95 Å². The van der Waals surface area contributed by atoms with Gasteiger partial charge >= 0.3 is 0 Å². The molecule has 0 aliphatic carbocycles. The smallest absolute Gasteiger partial charge is 0.213 e. The Morgan fingerprint density at radius 2 is 2.10 bits per heavy atom. The molecule has 1 aromatic rings. The summed E-state index contributed by atoms with van der Waals surface area (Å²) < 4.78 is 24.5. The molecule has 1 rings (SSSR count). The largest absolute Gasteiger partial charge is 0.390 e. The molecule has 0 amide bonds. The molecule has 0 unspecified atom stereocenters. The molecule has 0 aliphatic heterocycles. The van der Waals surface area contributed by atoms with E-state index in [1.165, 1.54) is 0 Å². The summed E-state index contributed by atoms with van der Waals surface area (Å²) in [5.41, 5.74) is -0.264. The number of aliphatic hydroxyl groups is 1. The lowest BCUT2D eigenvalue weighted by Gasteiger charge is -1.95. The third kappa shape index (κ3) is 1.27. The third-order valence-electron chi connectivity index (χ3n) is 1.03. The zero-order chi connectivity index (χ0) is 7.56. The summed E-state index contributed by atoms with van der Waals surface area (Å²) in [5, 5.41) is 8.37. The minimum atomic E-state index is -0.787. The number of nitrogens with zero attached hydrogens (tertiary/aromatic N) is 1. The van der Waals surface area contributed by atoms with E-state index in [9.17, 15) is 8.78 Å². The Labute approximate surface area is 56.1 Å². The summed E-state index contributed by atoms with van der Waals surface area (Å²) >= 11 is 0. The van der Waals surface area contributed by atoms with Crippen LogP contribution in [0.2, 0.25) is 0 Å². The lowest BCUT2D eigenvalue weighted by Crippen LogP contribution is -1.96. The highest BCUT2D eigenvalue weighted by Crippen LogP contribution is 2.03. The Hall–Kier alpha value is -1.03. The molecule has 0 fully saturated rings. The second-order valence-electron chi connectivity index (χ2n) is 1.72. The summed E-state index contributed by atoms with van der Waals surface area (Å²) in [6.07, 6.45) is 0. The number of halogens is 2. The van der Waals surface area contributed by atoms with Crippen LogP contribution in [0.15, 0.2) is 12.1 Å². The second kappa shape index (κ2) is 2.70. The number of aromatic nitrogens is 1. The molecule has 4 heteroatoms. The molecular formula is C6H5F2NO. The van der Waals surface area contributed by atoms with Gasteiger partial charge in [-0.3, -0.25) is 0 Å². The summed E-state index contributed by atoms with van der Waals surface area (Å²) in [6, 6.07) is 1.82. The van der Waals surface area contributed by atoms with E-state index in [1.807, 2.05) is 0 Å². The number of hydrogen-bond acceptors (Lipinski definition) is 2.